The fourth-order valence-electron chi connectivity index (χ4n) is 4.17. The number of carbonyl (C=O) groups excluding carboxylic acids is 1. The minimum atomic E-state index is -0.247. The molecule has 0 amide bonds. The molecule has 0 radical (unpaired) electrons. The van der Waals surface area contributed by atoms with Gasteiger partial charge in [-0.3, -0.25) is 4.79 Å². The molecule has 1 aliphatic rings. The summed E-state index contributed by atoms with van der Waals surface area (Å²) in [6, 6.07) is 15.2. The van der Waals surface area contributed by atoms with Crippen molar-refractivity contribution in [2.75, 3.05) is 14.2 Å². The quantitative estimate of drug-likeness (QED) is 0.468. The van der Waals surface area contributed by atoms with Crippen LogP contribution >= 0.6 is 0 Å². The number of nitrogens with zero attached hydrogens (tertiary/aromatic N) is 1. The first-order chi connectivity index (χ1) is 15.5. The number of halogens is 1. The van der Waals surface area contributed by atoms with Crippen molar-refractivity contribution in [3.63, 3.8) is 0 Å². The van der Waals surface area contributed by atoms with Crippen LogP contribution in [-0.2, 0) is 22.4 Å². The van der Waals surface area contributed by atoms with Crippen molar-refractivity contribution < 1.29 is 18.7 Å². The molecule has 1 atom stereocenters. The Hall–Kier alpha value is -3.47. The van der Waals surface area contributed by atoms with Crippen molar-refractivity contribution >= 4 is 17.6 Å². The molecular weight excluding hydrogens is 405 g/mol. The number of esters is 1. The Balaban J connectivity index is 1.61. The van der Waals surface area contributed by atoms with Crippen LogP contribution in [0.5, 0.6) is 5.88 Å². The van der Waals surface area contributed by atoms with E-state index in [-0.39, 0.29) is 17.7 Å². The van der Waals surface area contributed by atoms with Gasteiger partial charge in [-0.15, -0.1) is 0 Å². The Labute approximate surface area is 187 Å². The van der Waals surface area contributed by atoms with Crippen LogP contribution in [0.4, 0.5) is 4.39 Å². The van der Waals surface area contributed by atoms with Crippen LogP contribution in [0.3, 0.4) is 0 Å². The zero-order chi connectivity index (χ0) is 22.7. The van der Waals surface area contributed by atoms with Crippen LogP contribution in [0.1, 0.15) is 35.6 Å². The van der Waals surface area contributed by atoms with E-state index in [9.17, 15) is 4.79 Å². The van der Waals surface area contributed by atoms with Crippen molar-refractivity contribution in [1.29, 1.82) is 0 Å². The normalized spacial score (nSPS) is 13.7. The van der Waals surface area contributed by atoms with Crippen LogP contribution in [0.15, 0.2) is 54.7 Å². The first kappa shape index (κ1) is 21.8. The van der Waals surface area contributed by atoms with Crippen molar-refractivity contribution in [2.45, 2.75) is 26.2 Å². The number of carbonyl (C=O) groups is 1. The van der Waals surface area contributed by atoms with E-state index in [1.165, 1.54) is 12.7 Å². The van der Waals surface area contributed by atoms with Gasteiger partial charge in [0.25, 0.3) is 0 Å². The van der Waals surface area contributed by atoms with Crippen molar-refractivity contribution in [3.05, 3.63) is 82.8 Å². The van der Waals surface area contributed by atoms with E-state index >= 15 is 4.39 Å². The molecule has 5 heteroatoms. The minimum absolute atomic E-state index is 0.207. The van der Waals surface area contributed by atoms with Crippen LogP contribution in [0, 0.1) is 11.7 Å². The van der Waals surface area contributed by atoms with E-state index in [0.29, 0.717) is 17.9 Å². The predicted molar refractivity (Wildman–Crippen MR) is 124 cm³/mol. The molecule has 1 aromatic heterocycles. The molecule has 0 unspecified atom stereocenters. The zero-order valence-corrected chi connectivity index (χ0v) is 18.5. The molecule has 164 valence electrons. The maximum atomic E-state index is 15.1. The summed E-state index contributed by atoms with van der Waals surface area (Å²) in [5.41, 5.74) is 6.63. The molecule has 1 aliphatic carbocycles. The van der Waals surface area contributed by atoms with Gasteiger partial charge in [-0.1, -0.05) is 43.3 Å². The summed E-state index contributed by atoms with van der Waals surface area (Å²) in [6.07, 6.45) is 5.97. The highest BCUT2D eigenvalue weighted by atomic mass is 19.1. The smallest absolute Gasteiger partial charge is 0.308 e. The Bertz CT molecular complexity index is 1190. The molecule has 0 fully saturated rings. The van der Waals surface area contributed by atoms with Gasteiger partial charge >= 0.3 is 5.97 Å². The van der Waals surface area contributed by atoms with Gasteiger partial charge in [-0.25, -0.2) is 9.37 Å². The van der Waals surface area contributed by atoms with E-state index < -0.39 is 0 Å². The van der Waals surface area contributed by atoms with Crippen molar-refractivity contribution in [2.24, 2.45) is 5.92 Å². The Morgan fingerprint density at radius 1 is 1.06 bits per heavy atom. The number of hydrogen-bond donors (Lipinski definition) is 0. The van der Waals surface area contributed by atoms with Crippen LogP contribution in [-0.4, -0.2) is 25.2 Å². The number of allylic oxidation sites excluding steroid dienone is 1. The summed E-state index contributed by atoms with van der Waals surface area (Å²) in [7, 11) is 2.97. The number of rotatable bonds is 6. The lowest BCUT2D eigenvalue weighted by molar-refractivity contribution is -0.144. The van der Waals surface area contributed by atoms with Gasteiger partial charge in [0.05, 0.1) is 20.1 Å². The molecule has 2 aromatic carbocycles. The molecule has 0 N–H and O–H groups in total. The number of fused-ring (bicyclic) bond motifs is 1. The average molecular weight is 432 g/mol. The van der Waals surface area contributed by atoms with Gasteiger partial charge in [0.15, 0.2) is 0 Å². The minimum Gasteiger partial charge on any atom is -0.481 e. The summed E-state index contributed by atoms with van der Waals surface area (Å²) in [5.74, 6) is -0.172. The number of methoxy groups -OCH3 is 2. The SMILES string of the molecule is COC(=O)[C@@H](C)Cc1ccc2c(c1)C=C(c1ccc(-c3ccnc(OC)c3)cc1F)CC2. The van der Waals surface area contributed by atoms with Crippen molar-refractivity contribution in [3.8, 4) is 17.0 Å². The lowest BCUT2D eigenvalue weighted by Gasteiger charge is -2.19. The summed E-state index contributed by atoms with van der Waals surface area (Å²) in [5, 5.41) is 0. The molecule has 0 spiro atoms. The van der Waals surface area contributed by atoms with Gasteiger partial charge in [0.1, 0.15) is 5.82 Å². The molecule has 4 nitrogen and oxygen atoms in total. The highest BCUT2D eigenvalue weighted by Crippen LogP contribution is 2.34. The van der Waals surface area contributed by atoms with E-state index in [1.54, 1.807) is 25.4 Å². The fraction of sp³-hybridized carbons (Fsp3) is 0.259. The third-order valence-corrected chi connectivity index (χ3v) is 5.94. The van der Waals surface area contributed by atoms with E-state index in [4.69, 9.17) is 9.47 Å². The van der Waals surface area contributed by atoms with Gasteiger partial charge in [-0.2, -0.15) is 0 Å². The van der Waals surface area contributed by atoms with Gasteiger partial charge in [0, 0.05) is 17.8 Å². The second kappa shape index (κ2) is 9.35. The predicted octanol–water partition coefficient (Wildman–Crippen LogP) is 5.73. The number of ether oxygens (including phenoxy) is 2. The number of hydrogen-bond acceptors (Lipinski definition) is 4. The monoisotopic (exact) mass is 431 g/mol. The van der Waals surface area contributed by atoms with Crippen molar-refractivity contribution in [1.82, 2.24) is 4.98 Å². The maximum Gasteiger partial charge on any atom is 0.308 e. The molecule has 1 heterocycles. The first-order valence-corrected chi connectivity index (χ1v) is 10.7. The topological polar surface area (TPSA) is 48.4 Å². The van der Waals surface area contributed by atoms with Gasteiger partial charge in [-0.05, 0) is 64.8 Å². The molecule has 0 bridgehead atoms. The summed E-state index contributed by atoms with van der Waals surface area (Å²) < 4.78 is 25.1. The highest BCUT2D eigenvalue weighted by molar-refractivity contribution is 5.85. The van der Waals surface area contributed by atoms with E-state index in [0.717, 1.165) is 40.7 Å². The average Bonchev–Trinajstić information content (AvgIpc) is 2.83. The summed E-state index contributed by atoms with van der Waals surface area (Å²) in [6.45, 7) is 1.86. The van der Waals surface area contributed by atoms with Crippen LogP contribution in [0.25, 0.3) is 22.8 Å². The molecule has 3 aromatic rings. The van der Waals surface area contributed by atoms with E-state index in [1.807, 2.05) is 25.1 Å². The zero-order valence-electron chi connectivity index (χ0n) is 18.5. The lowest BCUT2D eigenvalue weighted by Crippen LogP contribution is -2.15. The largest absolute Gasteiger partial charge is 0.481 e. The third kappa shape index (κ3) is 4.57. The number of pyridine rings is 1. The van der Waals surface area contributed by atoms with Crippen LogP contribution in [0.2, 0.25) is 0 Å². The molecule has 0 saturated heterocycles. The van der Waals surface area contributed by atoms with E-state index in [2.05, 4.69) is 29.3 Å². The molecule has 0 saturated carbocycles. The van der Waals surface area contributed by atoms with Gasteiger partial charge < -0.3 is 9.47 Å². The molecule has 0 aliphatic heterocycles. The number of benzene rings is 2. The summed E-state index contributed by atoms with van der Waals surface area (Å²) in [4.78, 5) is 15.9. The maximum absolute atomic E-state index is 15.1. The van der Waals surface area contributed by atoms with Gasteiger partial charge in [0.2, 0.25) is 5.88 Å². The third-order valence-electron chi connectivity index (χ3n) is 5.94. The standard InChI is InChI=1S/C27H26FNO3/c1-17(27(30)32-3)12-18-4-5-19-6-7-22(14-23(19)13-18)24-9-8-20(15-25(24)28)21-10-11-29-26(16-21)31-2/h4-5,8-11,13-17H,6-7,12H2,1-3H3/t17-/m0/s1. The Kier molecular flexibility index (Phi) is 6.35. The highest BCUT2D eigenvalue weighted by Gasteiger charge is 2.18. The second-order valence-electron chi connectivity index (χ2n) is 8.11. The lowest BCUT2D eigenvalue weighted by atomic mass is 9.86. The summed E-state index contributed by atoms with van der Waals surface area (Å²) >= 11 is 0. The fourth-order valence-corrected chi connectivity index (χ4v) is 4.17. The molecule has 32 heavy (non-hydrogen) atoms. The number of aromatic nitrogens is 1. The molecular formula is C27H26FNO3. The number of aryl methyl sites for hydroxylation is 1. The van der Waals surface area contributed by atoms with Crippen LogP contribution < -0.4 is 4.74 Å². The first-order valence-electron chi connectivity index (χ1n) is 10.7. The second-order valence-corrected chi connectivity index (χ2v) is 8.11. The Morgan fingerprint density at radius 3 is 2.62 bits per heavy atom. The molecule has 4 rings (SSSR count). The Morgan fingerprint density at radius 2 is 1.88 bits per heavy atom.